The molecule has 3 rings (SSSR count). The van der Waals surface area contributed by atoms with Crippen LogP contribution in [-0.4, -0.2) is 53.0 Å². The smallest absolute Gasteiger partial charge is 0.348 e. The van der Waals surface area contributed by atoms with Crippen LogP contribution in [0.2, 0.25) is 0 Å². The van der Waals surface area contributed by atoms with Gasteiger partial charge >= 0.3 is 5.69 Å². The molecule has 0 amide bonds. The van der Waals surface area contributed by atoms with E-state index in [1.807, 2.05) is 7.05 Å². The molecule has 0 unspecified atom stereocenters. The number of nitro groups is 1. The van der Waals surface area contributed by atoms with Gasteiger partial charge in [-0.25, -0.2) is 18.7 Å². The molecule has 1 fully saturated rings. The molecule has 25 heavy (non-hydrogen) atoms. The number of aromatic nitrogens is 2. The highest BCUT2D eigenvalue weighted by Gasteiger charge is 2.29. The molecule has 8 nitrogen and oxygen atoms in total. The second kappa shape index (κ2) is 6.93. The number of nitrogens with one attached hydrogen (secondary N) is 1. The van der Waals surface area contributed by atoms with Crippen molar-refractivity contribution in [2.75, 3.05) is 43.4 Å². The Morgan fingerprint density at radius 3 is 2.60 bits per heavy atom. The third-order valence-electron chi connectivity index (χ3n) is 3.97. The van der Waals surface area contributed by atoms with Crippen molar-refractivity contribution in [1.82, 2.24) is 14.9 Å². The molecule has 0 atom stereocenters. The number of rotatable bonds is 4. The number of likely N-dealkylation sites (N-methyl/N-ethyl adjacent to an activating group) is 1. The van der Waals surface area contributed by atoms with Crippen LogP contribution in [0.5, 0.6) is 0 Å². The zero-order chi connectivity index (χ0) is 18.0. The number of piperazine rings is 1. The summed E-state index contributed by atoms with van der Waals surface area (Å²) in [6.07, 6.45) is 1.17. The minimum absolute atomic E-state index is 0.160. The lowest BCUT2D eigenvalue weighted by molar-refractivity contribution is -0.383. The van der Waals surface area contributed by atoms with Gasteiger partial charge in [0.15, 0.2) is 0 Å². The average molecular weight is 350 g/mol. The van der Waals surface area contributed by atoms with Gasteiger partial charge in [0.2, 0.25) is 11.6 Å². The van der Waals surface area contributed by atoms with Crippen LogP contribution in [0.1, 0.15) is 0 Å². The van der Waals surface area contributed by atoms with Gasteiger partial charge in [-0.2, -0.15) is 0 Å². The van der Waals surface area contributed by atoms with E-state index in [9.17, 15) is 18.9 Å². The van der Waals surface area contributed by atoms with E-state index >= 15 is 0 Å². The topological polar surface area (TPSA) is 87.4 Å². The third kappa shape index (κ3) is 3.63. The highest BCUT2D eigenvalue weighted by molar-refractivity contribution is 5.74. The minimum Gasteiger partial charge on any atom is -0.348 e. The second-order valence-electron chi connectivity index (χ2n) is 5.69. The summed E-state index contributed by atoms with van der Waals surface area (Å²) in [5, 5.41) is 14.1. The summed E-state index contributed by atoms with van der Waals surface area (Å²) >= 11 is 0. The van der Waals surface area contributed by atoms with Crippen LogP contribution in [0.4, 0.5) is 31.8 Å². The van der Waals surface area contributed by atoms with Gasteiger partial charge in [-0.15, -0.1) is 0 Å². The number of hydrogen-bond donors (Lipinski definition) is 1. The standard InChI is InChI=1S/C15H16F2N6O2/c1-21-4-6-22(7-5-21)15-13(23(24)25)14(18-9-19-15)20-12-8-10(16)2-3-11(12)17/h2-3,8-9H,4-7H2,1H3,(H,18,19,20). The van der Waals surface area contributed by atoms with Gasteiger partial charge in [0.25, 0.3) is 0 Å². The van der Waals surface area contributed by atoms with E-state index in [0.29, 0.717) is 13.1 Å². The highest BCUT2D eigenvalue weighted by Crippen LogP contribution is 2.34. The van der Waals surface area contributed by atoms with Crippen molar-refractivity contribution in [3.8, 4) is 0 Å². The van der Waals surface area contributed by atoms with Crippen molar-refractivity contribution in [2.45, 2.75) is 0 Å². The van der Waals surface area contributed by atoms with E-state index in [0.717, 1.165) is 31.3 Å². The number of halogens is 2. The lowest BCUT2D eigenvalue weighted by atomic mass is 10.2. The van der Waals surface area contributed by atoms with Gasteiger partial charge in [-0.05, 0) is 19.2 Å². The average Bonchev–Trinajstić information content (AvgIpc) is 2.58. The molecule has 1 saturated heterocycles. The molecule has 1 aliphatic rings. The Morgan fingerprint density at radius 1 is 1.20 bits per heavy atom. The number of benzene rings is 1. The molecule has 1 N–H and O–H groups in total. The monoisotopic (exact) mass is 350 g/mol. The zero-order valence-corrected chi connectivity index (χ0v) is 13.4. The maximum absolute atomic E-state index is 13.8. The summed E-state index contributed by atoms with van der Waals surface area (Å²) in [6.45, 7) is 2.62. The minimum atomic E-state index is -0.740. The number of anilines is 3. The summed E-state index contributed by atoms with van der Waals surface area (Å²) < 4.78 is 27.2. The van der Waals surface area contributed by atoms with Crippen molar-refractivity contribution in [3.05, 3.63) is 46.3 Å². The van der Waals surface area contributed by atoms with Crippen molar-refractivity contribution in [2.24, 2.45) is 0 Å². The molecule has 1 aromatic carbocycles. The summed E-state index contributed by atoms with van der Waals surface area (Å²) in [7, 11) is 1.96. The van der Waals surface area contributed by atoms with E-state index in [-0.39, 0.29) is 23.0 Å². The molecule has 132 valence electrons. The maximum atomic E-state index is 13.8. The molecule has 0 radical (unpaired) electrons. The van der Waals surface area contributed by atoms with Crippen LogP contribution >= 0.6 is 0 Å². The van der Waals surface area contributed by atoms with Crippen LogP contribution in [0.15, 0.2) is 24.5 Å². The van der Waals surface area contributed by atoms with E-state index in [4.69, 9.17) is 0 Å². The first-order valence-corrected chi connectivity index (χ1v) is 7.60. The van der Waals surface area contributed by atoms with Crippen LogP contribution in [-0.2, 0) is 0 Å². The molecular formula is C15H16F2N6O2. The van der Waals surface area contributed by atoms with Gasteiger partial charge in [-0.1, -0.05) is 0 Å². The first kappa shape index (κ1) is 17.0. The quantitative estimate of drug-likeness (QED) is 0.668. The fourth-order valence-corrected chi connectivity index (χ4v) is 2.60. The van der Waals surface area contributed by atoms with Crippen molar-refractivity contribution >= 4 is 23.0 Å². The largest absolute Gasteiger partial charge is 0.353 e. The molecule has 10 heteroatoms. The van der Waals surface area contributed by atoms with Gasteiger partial charge in [0.05, 0.1) is 10.6 Å². The Balaban J connectivity index is 1.98. The van der Waals surface area contributed by atoms with Crippen molar-refractivity contribution < 1.29 is 13.7 Å². The third-order valence-corrected chi connectivity index (χ3v) is 3.97. The maximum Gasteiger partial charge on any atom is 0.353 e. The summed E-state index contributed by atoms with van der Waals surface area (Å²) in [5.74, 6) is -1.43. The molecule has 0 aliphatic carbocycles. The van der Waals surface area contributed by atoms with E-state index < -0.39 is 16.6 Å². The predicted octanol–water partition coefficient (Wildman–Crippen LogP) is 2.16. The van der Waals surface area contributed by atoms with Gasteiger partial charge in [0, 0.05) is 32.2 Å². The highest BCUT2D eigenvalue weighted by atomic mass is 19.1. The molecule has 1 aliphatic heterocycles. The first-order valence-electron chi connectivity index (χ1n) is 7.60. The summed E-state index contributed by atoms with van der Waals surface area (Å²) in [4.78, 5) is 22.7. The summed E-state index contributed by atoms with van der Waals surface area (Å²) in [6, 6.07) is 2.81. The lowest BCUT2D eigenvalue weighted by Gasteiger charge is -2.32. The normalized spacial score (nSPS) is 15.2. The number of hydrogen-bond acceptors (Lipinski definition) is 7. The fraction of sp³-hybridized carbons (Fsp3) is 0.333. The van der Waals surface area contributed by atoms with Crippen LogP contribution < -0.4 is 10.2 Å². The lowest BCUT2D eigenvalue weighted by Crippen LogP contribution is -2.45. The van der Waals surface area contributed by atoms with E-state index in [1.54, 1.807) is 4.90 Å². The van der Waals surface area contributed by atoms with Crippen molar-refractivity contribution in [1.29, 1.82) is 0 Å². The molecule has 2 aromatic rings. The van der Waals surface area contributed by atoms with Crippen LogP contribution in [0, 0.1) is 21.7 Å². The molecular weight excluding hydrogens is 334 g/mol. The molecule has 0 spiro atoms. The van der Waals surface area contributed by atoms with Crippen LogP contribution in [0.25, 0.3) is 0 Å². The van der Waals surface area contributed by atoms with Gasteiger partial charge < -0.3 is 15.1 Å². The van der Waals surface area contributed by atoms with Gasteiger partial charge in [-0.3, -0.25) is 10.1 Å². The Morgan fingerprint density at radius 2 is 1.92 bits per heavy atom. The Kier molecular flexibility index (Phi) is 4.70. The first-order chi connectivity index (χ1) is 12.0. The molecule has 1 aromatic heterocycles. The second-order valence-corrected chi connectivity index (χ2v) is 5.69. The number of nitrogens with zero attached hydrogens (tertiary/aromatic N) is 5. The van der Waals surface area contributed by atoms with Crippen molar-refractivity contribution in [3.63, 3.8) is 0 Å². The molecule has 0 saturated carbocycles. The SMILES string of the molecule is CN1CCN(c2ncnc(Nc3cc(F)ccc3F)c2[N+](=O)[O-])CC1. The molecule has 2 heterocycles. The Labute approximate surface area is 142 Å². The zero-order valence-electron chi connectivity index (χ0n) is 13.4. The molecule has 0 bridgehead atoms. The Bertz CT molecular complexity index is 796. The fourth-order valence-electron chi connectivity index (χ4n) is 2.60. The summed E-state index contributed by atoms with van der Waals surface area (Å²) in [5.41, 5.74) is -0.596. The van der Waals surface area contributed by atoms with E-state index in [2.05, 4.69) is 20.2 Å². The van der Waals surface area contributed by atoms with Crippen LogP contribution in [0.3, 0.4) is 0 Å². The Hall–Kier alpha value is -2.88. The van der Waals surface area contributed by atoms with E-state index in [1.165, 1.54) is 6.33 Å². The van der Waals surface area contributed by atoms with Gasteiger partial charge in [0.1, 0.15) is 18.0 Å². The predicted molar refractivity (Wildman–Crippen MR) is 88.0 cm³/mol.